The fourth-order valence-electron chi connectivity index (χ4n) is 9.76. The summed E-state index contributed by atoms with van der Waals surface area (Å²) in [6.45, 7) is 22.5. The molecule has 1 unspecified atom stereocenters. The van der Waals surface area contributed by atoms with Crippen LogP contribution in [0.5, 0.6) is 0 Å². The second-order valence-electron chi connectivity index (χ2n) is 18.6. The van der Waals surface area contributed by atoms with Crippen molar-refractivity contribution in [3.8, 4) is 0 Å². The van der Waals surface area contributed by atoms with Gasteiger partial charge in [0.25, 0.3) is 0 Å². The summed E-state index contributed by atoms with van der Waals surface area (Å²) in [4.78, 5) is 0. The van der Waals surface area contributed by atoms with E-state index in [0.29, 0.717) is 11.3 Å². The molecule has 0 nitrogen and oxygen atoms in total. The van der Waals surface area contributed by atoms with Gasteiger partial charge in [-0.2, -0.15) is 11.6 Å². The summed E-state index contributed by atoms with van der Waals surface area (Å²) in [5.41, 5.74) is 9.73. The second-order valence-corrected chi connectivity index (χ2v) is 20.4. The van der Waals surface area contributed by atoms with E-state index in [1.807, 2.05) is 0 Å². The number of halogens is 2. The molecule has 4 aromatic carbocycles. The smallest absolute Gasteiger partial charge is 1.00 e. The maximum Gasteiger partial charge on any atom is -1.00 e. The molecule has 1 atom stereocenters. The van der Waals surface area contributed by atoms with Gasteiger partial charge in [-0.3, -0.25) is 6.08 Å². The van der Waals surface area contributed by atoms with Crippen molar-refractivity contribution < 1.29 is 49.0 Å². The first-order valence-corrected chi connectivity index (χ1v) is 20.3. The molecule has 4 saturated carbocycles. The molecular formula is C48H60Cl2Zr-2. The maximum absolute atomic E-state index is 3.57. The molecule has 4 bridgehead atoms. The average molecular weight is 799 g/mol. The summed E-state index contributed by atoms with van der Waals surface area (Å²) in [6, 6.07) is 24.8. The molecule has 5 aliphatic carbocycles. The maximum atomic E-state index is 3.57. The van der Waals surface area contributed by atoms with Crippen LogP contribution >= 0.6 is 0 Å². The number of hydrogen-bond acceptors (Lipinski definition) is 0. The van der Waals surface area contributed by atoms with Crippen molar-refractivity contribution in [1.82, 2.24) is 0 Å². The van der Waals surface area contributed by atoms with Gasteiger partial charge in [0.2, 0.25) is 0 Å². The SMILES string of the molecule is CC(C)(C)c1ccc2c(c1)[cH-]c1cc(C(C)(C)C)ccc12.CC1=[C-]C(C)C=C1CC12CC3CC(CC(C3)C1)C2.C[C](=[Zr+2])c1ccc(C)cc1.[Cl-].[Cl-]. The number of benzene rings is 3. The van der Waals surface area contributed by atoms with E-state index >= 15 is 0 Å². The number of hydrogen-bond donors (Lipinski definition) is 0. The Balaban J connectivity index is 0.000000178. The standard InChI is InChI=1S/C21H25.C18H25.C9H10.2ClH.Zr/c1-20(2,3)16-7-9-18-14(12-16)11-15-13-17(21(4,5)6)8-10-19(15)18;1-12-3-13(2)17(4-12)11-18-8-14-5-15(9-18)7-16(6-14)10-18;1-3-9-6-4-8(2)5-7-9;;;/h7-13H,1-6H3;4,12,14-16H,5-11H2,1-2H3;4-7H,1-2H3;2*1H;/q2*-1;;;;+2/p-2. The minimum absolute atomic E-state index is 0. The van der Waals surface area contributed by atoms with E-state index in [1.165, 1.54) is 83.2 Å². The Bertz CT molecular complexity index is 1780. The van der Waals surface area contributed by atoms with Gasteiger partial charge >= 0.3 is 76.7 Å². The summed E-state index contributed by atoms with van der Waals surface area (Å²) in [5.74, 6) is 3.82. The van der Waals surface area contributed by atoms with Crippen molar-refractivity contribution in [2.24, 2.45) is 29.1 Å². The van der Waals surface area contributed by atoms with E-state index < -0.39 is 0 Å². The minimum Gasteiger partial charge on any atom is -1.00 e. The third-order valence-electron chi connectivity index (χ3n) is 12.0. The van der Waals surface area contributed by atoms with Crippen molar-refractivity contribution in [2.75, 3.05) is 0 Å². The van der Waals surface area contributed by atoms with Gasteiger partial charge in [0.15, 0.2) is 0 Å². The average Bonchev–Trinajstić information content (AvgIpc) is 3.53. The van der Waals surface area contributed by atoms with E-state index in [9.17, 15) is 0 Å². The molecule has 0 aromatic heterocycles. The summed E-state index contributed by atoms with van der Waals surface area (Å²) < 4.78 is 1.46. The molecule has 4 fully saturated rings. The monoisotopic (exact) mass is 796 g/mol. The van der Waals surface area contributed by atoms with Gasteiger partial charge in [-0.25, -0.2) is 5.57 Å². The van der Waals surface area contributed by atoms with Crippen molar-refractivity contribution in [3.63, 3.8) is 0 Å². The Morgan fingerprint density at radius 1 is 0.745 bits per heavy atom. The summed E-state index contributed by atoms with van der Waals surface area (Å²) in [7, 11) is 0. The van der Waals surface area contributed by atoms with Crippen LogP contribution in [0.2, 0.25) is 0 Å². The molecule has 0 amide bonds. The zero-order valence-electron chi connectivity index (χ0n) is 32.9. The Hall–Kier alpha value is -1.66. The molecular weight excluding hydrogens is 739 g/mol. The first-order valence-electron chi connectivity index (χ1n) is 19.1. The molecule has 0 spiro atoms. The predicted molar refractivity (Wildman–Crippen MR) is 210 cm³/mol. The number of aryl methyl sites for hydroxylation is 1. The normalized spacial score (nSPS) is 24.8. The van der Waals surface area contributed by atoms with E-state index in [2.05, 4.69) is 148 Å². The van der Waals surface area contributed by atoms with Gasteiger partial charge in [0, 0.05) is 0 Å². The molecule has 0 radical (unpaired) electrons. The van der Waals surface area contributed by atoms with Gasteiger partial charge in [0.05, 0.1) is 0 Å². The number of fused-ring (bicyclic) bond motifs is 3. The third kappa shape index (κ3) is 9.91. The zero-order valence-corrected chi connectivity index (χ0v) is 36.9. The molecule has 3 heteroatoms. The van der Waals surface area contributed by atoms with Gasteiger partial charge in [-0.1, -0.05) is 103 Å². The second kappa shape index (κ2) is 16.4. The van der Waals surface area contributed by atoms with E-state index in [-0.39, 0.29) is 35.6 Å². The van der Waals surface area contributed by atoms with Crippen LogP contribution < -0.4 is 24.8 Å². The fourth-order valence-corrected chi connectivity index (χ4v) is 10.2. The van der Waals surface area contributed by atoms with Crippen LogP contribution in [0.4, 0.5) is 0 Å². The molecule has 0 N–H and O–H groups in total. The number of allylic oxidation sites excluding steroid dienone is 4. The summed E-state index contributed by atoms with van der Waals surface area (Å²) in [6.07, 6.45) is 16.7. The topological polar surface area (TPSA) is 0 Å². The third-order valence-corrected chi connectivity index (χ3v) is 12.7. The molecule has 0 aliphatic heterocycles. The van der Waals surface area contributed by atoms with Crippen molar-refractivity contribution in [2.45, 2.75) is 125 Å². The Labute approximate surface area is 337 Å². The van der Waals surface area contributed by atoms with Crippen molar-refractivity contribution >= 4 is 24.8 Å². The molecule has 0 saturated heterocycles. The van der Waals surface area contributed by atoms with E-state index in [1.54, 1.807) is 44.1 Å². The molecule has 272 valence electrons. The fraction of sp³-hybridized carbons (Fsp3) is 0.500. The van der Waals surface area contributed by atoms with E-state index in [0.717, 1.165) is 17.8 Å². The van der Waals surface area contributed by atoms with Crippen LogP contribution in [0.15, 0.2) is 84.0 Å². The van der Waals surface area contributed by atoms with Crippen molar-refractivity contribution in [3.05, 3.63) is 112 Å². The minimum atomic E-state index is 0. The largest absolute Gasteiger partial charge is 1.00 e. The summed E-state index contributed by atoms with van der Waals surface area (Å²) in [5, 5.41) is 5.48. The number of rotatable bonds is 3. The van der Waals surface area contributed by atoms with Crippen LogP contribution in [-0.4, -0.2) is 3.21 Å². The zero-order chi connectivity index (χ0) is 35.3. The first-order chi connectivity index (χ1) is 23.0. The first kappa shape index (κ1) is 42.1. The quantitative estimate of drug-likeness (QED) is 0.191. The van der Waals surface area contributed by atoms with Crippen LogP contribution in [0.25, 0.3) is 21.5 Å². The van der Waals surface area contributed by atoms with Gasteiger partial charge in [-0.15, -0.1) is 39.7 Å². The van der Waals surface area contributed by atoms with Crippen LogP contribution in [0.3, 0.4) is 0 Å². The molecule has 4 aromatic rings. The van der Waals surface area contributed by atoms with Gasteiger partial charge in [0.1, 0.15) is 0 Å². The van der Waals surface area contributed by atoms with Gasteiger partial charge < -0.3 is 24.8 Å². The predicted octanol–water partition coefficient (Wildman–Crippen LogP) is 7.32. The Morgan fingerprint density at radius 3 is 1.57 bits per heavy atom. The van der Waals surface area contributed by atoms with Crippen LogP contribution in [0, 0.1) is 42.1 Å². The van der Waals surface area contributed by atoms with Crippen molar-refractivity contribution in [1.29, 1.82) is 0 Å². The summed E-state index contributed by atoms with van der Waals surface area (Å²) >= 11 is 1.51. The van der Waals surface area contributed by atoms with Crippen LogP contribution in [-0.2, 0) is 35.1 Å². The molecule has 5 aliphatic rings. The molecule has 9 rings (SSSR count). The molecule has 0 heterocycles. The Kier molecular flexibility index (Phi) is 13.5. The van der Waals surface area contributed by atoms with Gasteiger partial charge in [-0.05, 0) is 72.5 Å². The van der Waals surface area contributed by atoms with Crippen LogP contribution in [0.1, 0.15) is 130 Å². The Morgan fingerprint density at radius 2 is 1.20 bits per heavy atom. The van der Waals surface area contributed by atoms with E-state index in [4.69, 9.17) is 0 Å². The molecule has 51 heavy (non-hydrogen) atoms.